The third kappa shape index (κ3) is 2.37. The number of nitrogens with one attached hydrogen (secondary N) is 1. The quantitative estimate of drug-likeness (QED) is 0.756. The Balaban J connectivity index is 3.27. The molecule has 3 N–H and O–H groups in total. The van der Waals surface area contributed by atoms with Crippen LogP contribution in [-0.2, 0) is 0 Å². The Morgan fingerprint density at radius 2 is 2.25 bits per heavy atom. The van der Waals surface area contributed by atoms with Crippen molar-refractivity contribution in [2.75, 3.05) is 20.7 Å². The SMILES string of the molecule is CNCC(O)c1cc(Cl)c(O)c(F)c1OC. The summed E-state index contributed by atoms with van der Waals surface area (Å²) in [7, 11) is 2.90. The number of hydrogen-bond acceptors (Lipinski definition) is 4. The summed E-state index contributed by atoms with van der Waals surface area (Å²) in [5.74, 6) is -1.86. The van der Waals surface area contributed by atoms with Crippen LogP contribution in [0.3, 0.4) is 0 Å². The highest BCUT2D eigenvalue weighted by Crippen LogP contribution is 2.38. The number of aliphatic hydroxyl groups is 1. The number of aliphatic hydroxyl groups excluding tert-OH is 1. The van der Waals surface area contributed by atoms with Gasteiger partial charge in [0, 0.05) is 12.1 Å². The summed E-state index contributed by atoms with van der Waals surface area (Å²) in [4.78, 5) is 0. The number of ether oxygens (including phenoxy) is 1. The van der Waals surface area contributed by atoms with Crippen molar-refractivity contribution in [3.8, 4) is 11.5 Å². The van der Waals surface area contributed by atoms with Crippen molar-refractivity contribution in [2.24, 2.45) is 0 Å². The van der Waals surface area contributed by atoms with Gasteiger partial charge in [0.1, 0.15) is 0 Å². The third-order valence-corrected chi connectivity index (χ3v) is 2.43. The maximum atomic E-state index is 13.5. The molecule has 0 amide bonds. The van der Waals surface area contributed by atoms with Gasteiger partial charge in [0.2, 0.25) is 5.82 Å². The monoisotopic (exact) mass is 249 g/mol. The zero-order valence-corrected chi connectivity index (χ0v) is 9.68. The molecule has 4 nitrogen and oxygen atoms in total. The topological polar surface area (TPSA) is 61.7 Å². The number of likely N-dealkylation sites (N-methyl/N-ethyl adjacent to an activating group) is 1. The van der Waals surface area contributed by atoms with Gasteiger partial charge in [0.05, 0.1) is 18.2 Å². The van der Waals surface area contributed by atoms with Crippen LogP contribution in [0.2, 0.25) is 5.02 Å². The van der Waals surface area contributed by atoms with Crippen LogP contribution in [0.4, 0.5) is 4.39 Å². The van der Waals surface area contributed by atoms with Crippen molar-refractivity contribution in [2.45, 2.75) is 6.10 Å². The number of phenols is 1. The van der Waals surface area contributed by atoms with Crippen molar-refractivity contribution in [1.29, 1.82) is 0 Å². The molecule has 0 aliphatic carbocycles. The minimum absolute atomic E-state index is 0.163. The van der Waals surface area contributed by atoms with E-state index in [2.05, 4.69) is 5.32 Å². The molecular weight excluding hydrogens is 237 g/mol. The van der Waals surface area contributed by atoms with Gasteiger partial charge in [0.25, 0.3) is 0 Å². The van der Waals surface area contributed by atoms with Crippen LogP contribution in [0, 0.1) is 5.82 Å². The summed E-state index contributed by atoms with van der Waals surface area (Å²) >= 11 is 5.62. The standard InChI is InChI=1S/C10H13ClFNO3/c1-13-4-7(14)5-3-6(11)9(15)8(12)10(5)16-2/h3,7,13-15H,4H2,1-2H3. The molecule has 6 heteroatoms. The van der Waals surface area contributed by atoms with E-state index in [1.165, 1.54) is 13.2 Å². The average Bonchev–Trinajstić information content (AvgIpc) is 2.26. The van der Waals surface area contributed by atoms with Crippen molar-refractivity contribution >= 4 is 11.6 Å². The van der Waals surface area contributed by atoms with Crippen molar-refractivity contribution < 1.29 is 19.3 Å². The number of phenolic OH excluding ortho intramolecular Hbond substituents is 1. The first-order valence-electron chi connectivity index (χ1n) is 4.60. The van der Waals surface area contributed by atoms with Gasteiger partial charge in [-0.15, -0.1) is 0 Å². The van der Waals surface area contributed by atoms with Crippen LogP contribution in [0.5, 0.6) is 11.5 Å². The molecule has 0 aliphatic heterocycles. The smallest absolute Gasteiger partial charge is 0.208 e. The van der Waals surface area contributed by atoms with Crippen molar-refractivity contribution in [3.63, 3.8) is 0 Å². The zero-order valence-electron chi connectivity index (χ0n) is 8.92. The number of aromatic hydroxyl groups is 1. The predicted octanol–water partition coefficient (Wildman–Crippen LogP) is 1.45. The van der Waals surface area contributed by atoms with Crippen LogP contribution in [0.25, 0.3) is 0 Å². The van der Waals surface area contributed by atoms with Gasteiger partial charge in [-0.2, -0.15) is 4.39 Å². The van der Waals surface area contributed by atoms with E-state index in [4.69, 9.17) is 16.3 Å². The third-order valence-electron chi connectivity index (χ3n) is 2.14. The summed E-state index contributed by atoms with van der Waals surface area (Å²) in [6.07, 6.45) is -0.965. The normalized spacial score (nSPS) is 12.6. The van der Waals surface area contributed by atoms with Gasteiger partial charge in [-0.25, -0.2) is 0 Å². The molecule has 0 heterocycles. The van der Waals surface area contributed by atoms with Crippen LogP contribution in [0.1, 0.15) is 11.7 Å². The lowest BCUT2D eigenvalue weighted by Crippen LogP contribution is -2.17. The highest BCUT2D eigenvalue weighted by Gasteiger charge is 2.21. The first-order chi connectivity index (χ1) is 7.52. The average molecular weight is 250 g/mol. The van der Waals surface area contributed by atoms with Crippen molar-refractivity contribution in [1.82, 2.24) is 5.32 Å². The Morgan fingerprint density at radius 3 is 2.75 bits per heavy atom. The summed E-state index contributed by atoms with van der Waals surface area (Å²) in [6, 6.07) is 1.28. The Hall–Kier alpha value is -1.04. The van der Waals surface area contributed by atoms with Gasteiger partial charge >= 0.3 is 0 Å². The van der Waals surface area contributed by atoms with E-state index in [1.807, 2.05) is 0 Å². The van der Waals surface area contributed by atoms with Gasteiger partial charge in [-0.1, -0.05) is 11.6 Å². The molecular formula is C10H13ClFNO3. The molecule has 0 aromatic heterocycles. The summed E-state index contributed by atoms with van der Waals surface area (Å²) < 4.78 is 18.3. The molecule has 0 saturated heterocycles. The first kappa shape index (κ1) is 13.0. The van der Waals surface area contributed by atoms with Crippen LogP contribution < -0.4 is 10.1 Å². The van der Waals surface area contributed by atoms with E-state index in [0.717, 1.165) is 0 Å². The second-order valence-corrected chi connectivity index (χ2v) is 3.62. The molecule has 0 aliphatic rings. The van der Waals surface area contributed by atoms with E-state index in [9.17, 15) is 14.6 Å². The second kappa shape index (κ2) is 5.34. The molecule has 0 fully saturated rings. The van der Waals surface area contributed by atoms with Gasteiger partial charge in [-0.3, -0.25) is 0 Å². The van der Waals surface area contributed by atoms with Crippen LogP contribution in [0.15, 0.2) is 6.07 Å². The fourth-order valence-electron chi connectivity index (χ4n) is 1.37. The largest absolute Gasteiger partial charge is 0.504 e. The molecule has 90 valence electrons. The van der Waals surface area contributed by atoms with E-state index in [0.29, 0.717) is 0 Å². The van der Waals surface area contributed by atoms with Crippen LogP contribution in [-0.4, -0.2) is 30.9 Å². The summed E-state index contributed by atoms with van der Waals surface area (Å²) in [5.41, 5.74) is 0.192. The van der Waals surface area contributed by atoms with Gasteiger partial charge in [-0.05, 0) is 13.1 Å². The molecule has 16 heavy (non-hydrogen) atoms. The number of benzene rings is 1. The van der Waals surface area contributed by atoms with Gasteiger partial charge in [0.15, 0.2) is 11.5 Å². The molecule has 0 spiro atoms. The maximum Gasteiger partial charge on any atom is 0.208 e. The molecule has 1 aromatic carbocycles. The van der Waals surface area contributed by atoms with Crippen LogP contribution >= 0.6 is 11.6 Å². The molecule has 1 unspecified atom stereocenters. The maximum absolute atomic E-state index is 13.5. The Kier molecular flexibility index (Phi) is 4.35. The molecule has 0 bridgehead atoms. The fraction of sp³-hybridized carbons (Fsp3) is 0.400. The van der Waals surface area contributed by atoms with E-state index in [1.54, 1.807) is 7.05 Å². The lowest BCUT2D eigenvalue weighted by Gasteiger charge is -2.16. The minimum Gasteiger partial charge on any atom is -0.504 e. The van der Waals surface area contributed by atoms with Gasteiger partial charge < -0.3 is 20.3 Å². The summed E-state index contributed by atoms with van der Waals surface area (Å²) in [5, 5.41) is 21.6. The number of halogens is 2. The number of hydrogen-bond donors (Lipinski definition) is 3. The predicted molar refractivity (Wildman–Crippen MR) is 58.5 cm³/mol. The number of methoxy groups -OCH3 is 1. The fourth-order valence-corrected chi connectivity index (χ4v) is 1.57. The molecule has 0 saturated carbocycles. The molecule has 1 aromatic rings. The lowest BCUT2D eigenvalue weighted by atomic mass is 10.1. The second-order valence-electron chi connectivity index (χ2n) is 3.22. The molecule has 1 atom stereocenters. The lowest BCUT2D eigenvalue weighted by molar-refractivity contribution is 0.172. The zero-order chi connectivity index (χ0) is 12.3. The van der Waals surface area contributed by atoms with E-state index < -0.39 is 17.7 Å². The Labute approximate surface area is 97.6 Å². The Bertz CT molecular complexity index is 387. The highest BCUT2D eigenvalue weighted by atomic mass is 35.5. The molecule has 1 rings (SSSR count). The van der Waals surface area contributed by atoms with E-state index in [-0.39, 0.29) is 22.9 Å². The molecule has 0 radical (unpaired) electrons. The summed E-state index contributed by atoms with van der Waals surface area (Å²) in [6.45, 7) is 0.219. The van der Waals surface area contributed by atoms with Crippen molar-refractivity contribution in [3.05, 3.63) is 22.5 Å². The highest BCUT2D eigenvalue weighted by molar-refractivity contribution is 6.32. The minimum atomic E-state index is -0.972. The number of rotatable bonds is 4. The van der Waals surface area contributed by atoms with E-state index >= 15 is 0 Å². The first-order valence-corrected chi connectivity index (χ1v) is 4.98. The Morgan fingerprint density at radius 1 is 1.62 bits per heavy atom.